The van der Waals surface area contributed by atoms with Gasteiger partial charge in [0.05, 0.1) is 24.7 Å². The third-order valence-electron chi connectivity index (χ3n) is 6.75. The lowest BCUT2D eigenvalue weighted by atomic mass is 9.95. The first-order chi connectivity index (χ1) is 15.5. The molecule has 32 heavy (non-hydrogen) atoms. The van der Waals surface area contributed by atoms with E-state index >= 15 is 0 Å². The maximum atomic E-state index is 13.4. The third-order valence-corrected chi connectivity index (χ3v) is 6.75. The van der Waals surface area contributed by atoms with Crippen molar-refractivity contribution in [2.45, 2.75) is 31.5 Å². The summed E-state index contributed by atoms with van der Waals surface area (Å²) in [6.07, 6.45) is 3.75. The number of halogens is 1. The fourth-order valence-corrected chi connectivity index (χ4v) is 5.05. The molecule has 1 unspecified atom stereocenters. The Labute approximate surface area is 186 Å². The van der Waals surface area contributed by atoms with Crippen molar-refractivity contribution in [1.29, 1.82) is 0 Å². The molecule has 5 rings (SSSR count). The molecule has 1 aromatic heterocycles. The number of rotatable bonds is 4. The Balaban J connectivity index is 1.42. The molecule has 1 amide bonds. The lowest BCUT2D eigenvalue weighted by molar-refractivity contribution is 0.0558. The highest BCUT2D eigenvalue weighted by atomic mass is 19.1. The second kappa shape index (κ2) is 8.48. The lowest BCUT2D eigenvalue weighted by Crippen LogP contribution is -2.52. The highest BCUT2D eigenvalue weighted by Gasteiger charge is 2.37. The molecule has 0 saturated carbocycles. The highest BCUT2D eigenvalue weighted by molar-refractivity contribution is 5.92. The van der Waals surface area contributed by atoms with E-state index in [-0.39, 0.29) is 29.9 Å². The van der Waals surface area contributed by atoms with Crippen LogP contribution in [0.3, 0.4) is 0 Å². The van der Waals surface area contributed by atoms with Crippen molar-refractivity contribution in [2.75, 3.05) is 26.2 Å². The molecular weight excluding hydrogens is 407 g/mol. The molecule has 0 bridgehead atoms. The molecule has 2 aliphatic rings. The maximum Gasteiger partial charge on any atom is 0.272 e. The monoisotopic (exact) mass is 434 g/mol. The molecule has 0 radical (unpaired) electrons. The van der Waals surface area contributed by atoms with Gasteiger partial charge in [-0.15, -0.1) is 0 Å². The first kappa shape index (κ1) is 20.8. The Bertz CT molecular complexity index is 1110. The third kappa shape index (κ3) is 3.82. The number of carbonyl (C=O) groups is 1. The number of aliphatic hydroxyl groups excluding tert-OH is 1. The zero-order chi connectivity index (χ0) is 22.2. The van der Waals surface area contributed by atoms with Gasteiger partial charge in [0.15, 0.2) is 0 Å². The van der Waals surface area contributed by atoms with Crippen molar-refractivity contribution < 1.29 is 14.3 Å². The smallest absolute Gasteiger partial charge is 0.272 e. The summed E-state index contributed by atoms with van der Waals surface area (Å²) in [5.41, 5.74) is 3.52. The van der Waals surface area contributed by atoms with Gasteiger partial charge in [0, 0.05) is 32.2 Å². The quantitative estimate of drug-likeness (QED) is 0.685. The maximum absolute atomic E-state index is 13.4. The Hall–Kier alpha value is -3.03. The summed E-state index contributed by atoms with van der Waals surface area (Å²) in [5, 5.41) is 9.97. The standard InChI is InChI=1S/C25H27FN4O2/c1-17(22-4-2-3-5-23(22)18-6-8-19(26)9-7-18)30-16-27-13-24(30)25(32)29-11-10-28-15-21(31)12-20(28)14-29/h2-9,13,16-17,20-21,31H,10-12,14-15H2,1H3/t17-,20?,21+/m0/s1. The molecule has 7 heteroatoms. The number of aromatic nitrogens is 2. The van der Waals surface area contributed by atoms with Crippen LogP contribution in [0.25, 0.3) is 11.1 Å². The van der Waals surface area contributed by atoms with Crippen molar-refractivity contribution in [2.24, 2.45) is 0 Å². The normalized spacial score (nSPS) is 22.0. The van der Waals surface area contributed by atoms with Gasteiger partial charge in [-0.25, -0.2) is 9.37 Å². The van der Waals surface area contributed by atoms with E-state index in [2.05, 4.69) is 9.88 Å². The zero-order valence-electron chi connectivity index (χ0n) is 18.1. The number of hydrogen-bond donors (Lipinski definition) is 1. The number of aliphatic hydroxyl groups is 1. The van der Waals surface area contributed by atoms with Crippen LogP contribution in [0.4, 0.5) is 4.39 Å². The average Bonchev–Trinajstić information content (AvgIpc) is 3.44. The predicted molar refractivity (Wildman–Crippen MR) is 120 cm³/mol. The van der Waals surface area contributed by atoms with Crippen LogP contribution in [0.1, 0.15) is 35.4 Å². The fourth-order valence-electron chi connectivity index (χ4n) is 5.05. The molecule has 6 nitrogen and oxygen atoms in total. The van der Waals surface area contributed by atoms with Gasteiger partial charge in [-0.3, -0.25) is 9.69 Å². The van der Waals surface area contributed by atoms with Gasteiger partial charge in [-0.05, 0) is 42.2 Å². The summed E-state index contributed by atoms with van der Waals surface area (Å²) in [4.78, 5) is 21.9. The molecule has 3 aromatic rings. The molecule has 2 aliphatic heterocycles. The minimum Gasteiger partial charge on any atom is -0.392 e. The molecule has 3 atom stereocenters. The molecule has 2 fully saturated rings. The van der Waals surface area contributed by atoms with Crippen LogP contribution in [0.5, 0.6) is 0 Å². The van der Waals surface area contributed by atoms with E-state index in [1.165, 1.54) is 12.1 Å². The first-order valence-corrected chi connectivity index (χ1v) is 11.1. The first-order valence-electron chi connectivity index (χ1n) is 11.1. The van der Waals surface area contributed by atoms with E-state index in [4.69, 9.17) is 0 Å². The summed E-state index contributed by atoms with van der Waals surface area (Å²) in [7, 11) is 0. The second-order valence-corrected chi connectivity index (χ2v) is 8.75. The van der Waals surface area contributed by atoms with Crippen LogP contribution in [0, 0.1) is 5.82 Å². The van der Waals surface area contributed by atoms with Crippen molar-refractivity contribution in [3.8, 4) is 11.1 Å². The molecule has 0 spiro atoms. The van der Waals surface area contributed by atoms with Gasteiger partial charge in [0.2, 0.25) is 0 Å². The molecule has 1 N–H and O–H groups in total. The molecule has 3 heterocycles. The van der Waals surface area contributed by atoms with Crippen LogP contribution in [-0.4, -0.2) is 68.7 Å². The molecule has 2 aromatic carbocycles. The number of amides is 1. The molecule has 0 aliphatic carbocycles. The largest absolute Gasteiger partial charge is 0.392 e. The van der Waals surface area contributed by atoms with E-state index in [0.717, 1.165) is 23.2 Å². The van der Waals surface area contributed by atoms with Crippen molar-refractivity contribution in [3.05, 3.63) is 78.1 Å². The van der Waals surface area contributed by atoms with E-state index < -0.39 is 0 Å². The van der Waals surface area contributed by atoms with Crippen molar-refractivity contribution >= 4 is 5.91 Å². The van der Waals surface area contributed by atoms with E-state index in [1.807, 2.05) is 40.7 Å². The van der Waals surface area contributed by atoms with Gasteiger partial charge in [0.1, 0.15) is 11.5 Å². The average molecular weight is 435 g/mol. The van der Waals surface area contributed by atoms with Gasteiger partial charge in [0.25, 0.3) is 5.91 Å². The summed E-state index contributed by atoms with van der Waals surface area (Å²) < 4.78 is 15.4. The summed E-state index contributed by atoms with van der Waals surface area (Å²) >= 11 is 0. The summed E-state index contributed by atoms with van der Waals surface area (Å²) in [6.45, 7) is 4.80. The number of imidazole rings is 1. The summed E-state index contributed by atoms with van der Waals surface area (Å²) in [6, 6.07) is 14.5. The van der Waals surface area contributed by atoms with E-state index in [0.29, 0.717) is 31.7 Å². The molecule has 166 valence electrons. The number of carbonyl (C=O) groups excluding carboxylic acids is 1. The van der Waals surface area contributed by atoms with Crippen LogP contribution in [0.15, 0.2) is 61.1 Å². The fraction of sp³-hybridized carbons (Fsp3) is 0.360. The van der Waals surface area contributed by atoms with Crippen LogP contribution in [-0.2, 0) is 0 Å². The predicted octanol–water partition coefficient (Wildman–Crippen LogP) is 3.19. The van der Waals surface area contributed by atoms with Crippen LogP contribution in [0.2, 0.25) is 0 Å². The Morgan fingerprint density at radius 3 is 2.72 bits per heavy atom. The second-order valence-electron chi connectivity index (χ2n) is 8.75. The lowest BCUT2D eigenvalue weighted by Gasteiger charge is -2.37. The number of piperazine rings is 1. The van der Waals surface area contributed by atoms with Crippen LogP contribution < -0.4 is 0 Å². The SMILES string of the molecule is C[C@@H](c1ccccc1-c1ccc(F)cc1)n1cncc1C(=O)N1CCN2C[C@H](O)CC2C1. The number of fused-ring (bicyclic) bond motifs is 1. The molecular formula is C25H27FN4O2. The van der Waals surface area contributed by atoms with Gasteiger partial charge in [-0.2, -0.15) is 0 Å². The van der Waals surface area contributed by atoms with Crippen LogP contribution >= 0.6 is 0 Å². The minimum absolute atomic E-state index is 0.0327. The summed E-state index contributed by atoms with van der Waals surface area (Å²) in [5.74, 6) is -0.300. The van der Waals surface area contributed by atoms with Crippen molar-refractivity contribution in [3.63, 3.8) is 0 Å². The Morgan fingerprint density at radius 1 is 1.12 bits per heavy atom. The van der Waals surface area contributed by atoms with Gasteiger partial charge in [-0.1, -0.05) is 36.4 Å². The zero-order valence-corrected chi connectivity index (χ0v) is 18.1. The van der Waals surface area contributed by atoms with Crippen molar-refractivity contribution in [1.82, 2.24) is 19.4 Å². The Kier molecular flexibility index (Phi) is 5.53. The highest BCUT2D eigenvalue weighted by Crippen LogP contribution is 2.31. The Morgan fingerprint density at radius 2 is 1.91 bits per heavy atom. The minimum atomic E-state index is -0.302. The number of benzene rings is 2. The molecule has 2 saturated heterocycles. The van der Waals surface area contributed by atoms with Gasteiger partial charge < -0.3 is 14.6 Å². The van der Waals surface area contributed by atoms with E-state index in [1.54, 1.807) is 24.7 Å². The van der Waals surface area contributed by atoms with Gasteiger partial charge >= 0.3 is 0 Å². The van der Waals surface area contributed by atoms with E-state index in [9.17, 15) is 14.3 Å². The topological polar surface area (TPSA) is 61.6 Å². The number of nitrogens with zero attached hydrogens (tertiary/aromatic N) is 4. The number of hydrogen-bond acceptors (Lipinski definition) is 4.